The van der Waals surface area contributed by atoms with Gasteiger partial charge in [-0.25, -0.2) is 14.5 Å². The standard InChI is InChI=1S/C28H27N5O8S.Na/c1-16(34)41-14-18-15-42-25-22(24(36)33(25)23(18)26(37)38)30-21(35)13-17-7-5-6-10-20(17)29-27(39)32-12-11-31(28(32)40)19-8-3-2-4-9-19;/h2-10,22,25H,11-15H2,1H3,(H,29,39)(H,30,35)(H,37,38);/q;+1/p-1/t22?,25-;/m1./s1. The van der Waals surface area contributed by atoms with Gasteiger partial charge in [0.05, 0.1) is 24.6 Å². The number of carboxylic acid groups (broad SMARTS) is 1. The number of carbonyl (C=O) groups excluding carboxylic acids is 6. The third-order valence-corrected chi connectivity index (χ3v) is 8.28. The molecule has 0 bridgehead atoms. The second kappa shape index (κ2) is 13.6. The van der Waals surface area contributed by atoms with Crippen molar-refractivity contribution in [1.29, 1.82) is 0 Å². The Bertz CT molecular complexity index is 1500. The topological polar surface area (TPSA) is 168 Å². The molecule has 2 N–H and O–H groups in total. The quantitative estimate of drug-likeness (QED) is 0.188. The first-order valence-electron chi connectivity index (χ1n) is 13.0. The van der Waals surface area contributed by atoms with Gasteiger partial charge >= 0.3 is 47.6 Å². The Hall–Kier alpha value is -3.85. The van der Waals surface area contributed by atoms with Crippen molar-refractivity contribution in [2.24, 2.45) is 0 Å². The van der Waals surface area contributed by atoms with Crippen LogP contribution in [0, 0.1) is 0 Å². The Balaban J connectivity index is 0.00000423. The number of hydrogen-bond acceptors (Lipinski definition) is 9. The molecule has 1 unspecified atom stereocenters. The summed E-state index contributed by atoms with van der Waals surface area (Å²) in [5, 5.41) is 16.5. The third kappa shape index (κ3) is 6.72. The van der Waals surface area contributed by atoms with Gasteiger partial charge in [-0.1, -0.05) is 36.4 Å². The average Bonchev–Trinajstić information content (AvgIpc) is 3.36. The summed E-state index contributed by atoms with van der Waals surface area (Å²) in [6.45, 7) is 1.43. The number of ether oxygens (including phenoxy) is 1. The average molecular weight is 616 g/mol. The zero-order chi connectivity index (χ0) is 30.0. The normalized spacial score (nSPS) is 19.2. The molecule has 2 aromatic carbocycles. The number of β-lactam (4-membered cyclic amide) rings is 1. The molecule has 43 heavy (non-hydrogen) atoms. The Morgan fingerprint density at radius 1 is 1.02 bits per heavy atom. The van der Waals surface area contributed by atoms with Crippen LogP contribution in [0.5, 0.6) is 0 Å². The summed E-state index contributed by atoms with van der Waals surface area (Å²) >= 11 is 1.23. The number of anilines is 2. The predicted molar refractivity (Wildman–Crippen MR) is 149 cm³/mol. The Morgan fingerprint density at radius 2 is 1.72 bits per heavy atom. The Labute approximate surface area is 272 Å². The molecule has 0 aromatic heterocycles. The summed E-state index contributed by atoms with van der Waals surface area (Å²) in [5.41, 5.74) is 1.34. The van der Waals surface area contributed by atoms with Crippen LogP contribution >= 0.6 is 11.8 Å². The number of carboxylic acids is 1. The molecule has 2 atom stereocenters. The molecule has 3 aliphatic rings. The molecule has 2 aromatic rings. The largest absolute Gasteiger partial charge is 1.00 e. The summed E-state index contributed by atoms with van der Waals surface area (Å²) in [6.07, 6.45) is -0.192. The van der Waals surface area contributed by atoms with E-state index in [4.69, 9.17) is 4.74 Å². The number of amides is 6. The van der Waals surface area contributed by atoms with E-state index >= 15 is 0 Å². The summed E-state index contributed by atoms with van der Waals surface area (Å²) in [7, 11) is 0. The monoisotopic (exact) mass is 615 g/mol. The molecule has 0 aliphatic carbocycles. The summed E-state index contributed by atoms with van der Waals surface area (Å²) in [6, 6.07) is 13.5. The van der Waals surface area contributed by atoms with Crippen LogP contribution in [0.4, 0.5) is 21.0 Å². The molecular weight excluding hydrogens is 589 g/mol. The number of nitrogens with one attached hydrogen (secondary N) is 2. The van der Waals surface area contributed by atoms with Gasteiger partial charge in [0.1, 0.15) is 18.0 Å². The number of benzene rings is 2. The van der Waals surface area contributed by atoms with E-state index in [0.717, 1.165) is 9.80 Å². The fourth-order valence-corrected chi connectivity index (χ4v) is 6.25. The van der Waals surface area contributed by atoms with Crippen LogP contribution in [0.2, 0.25) is 0 Å². The zero-order valence-electron chi connectivity index (χ0n) is 23.4. The van der Waals surface area contributed by atoms with Crippen molar-refractivity contribution in [3.05, 3.63) is 71.4 Å². The van der Waals surface area contributed by atoms with Gasteiger partial charge in [-0.15, -0.1) is 11.8 Å². The summed E-state index contributed by atoms with van der Waals surface area (Å²) in [4.78, 5) is 78.3. The van der Waals surface area contributed by atoms with Gasteiger partial charge in [-0.2, -0.15) is 0 Å². The minimum absolute atomic E-state index is 0. The van der Waals surface area contributed by atoms with E-state index in [-0.39, 0.29) is 66.2 Å². The number of thioether (sulfide) groups is 1. The third-order valence-electron chi connectivity index (χ3n) is 6.94. The second-order valence-corrected chi connectivity index (χ2v) is 10.8. The molecule has 6 amide bonds. The van der Waals surface area contributed by atoms with E-state index in [2.05, 4.69) is 10.6 Å². The number of para-hydroxylation sites is 2. The first kappa shape index (κ1) is 32.1. The van der Waals surface area contributed by atoms with E-state index in [9.17, 15) is 33.9 Å². The molecule has 0 saturated carbocycles. The second-order valence-electron chi connectivity index (χ2n) is 9.66. The van der Waals surface area contributed by atoms with Gasteiger partial charge in [-0.3, -0.25) is 24.2 Å². The first-order valence-corrected chi connectivity index (χ1v) is 14.0. The minimum Gasteiger partial charge on any atom is -0.543 e. The van der Waals surface area contributed by atoms with Crippen molar-refractivity contribution in [2.45, 2.75) is 24.8 Å². The smallest absolute Gasteiger partial charge is 0.543 e. The van der Waals surface area contributed by atoms with Crippen molar-refractivity contribution < 1.29 is 68.2 Å². The summed E-state index contributed by atoms with van der Waals surface area (Å²) < 4.78 is 4.90. The predicted octanol–water partition coefficient (Wildman–Crippen LogP) is -2.33. The molecule has 2 saturated heterocycles. The molecule has 0 radical (unpaired) electrons. The molecule has 3 heterocycles. The van der Waals surface area contributed by atoms with Crippen LogP contribution < -0.4 is 50.2 Å². The van der Waals surface area contributed by atoms with Crippen molar-refractivity contribution in [2.75, 3.05) is 35.7 Å². The van der Waals surface area contributed by atoms with Gasteiger partial charge in [0.15, 0.2) is 0 Å². The van der Waals surface area contributed by atoms with E-state index in [1.54, 1.807) is 48.5 Å². The number of esters is 1. The molecule has 2 fully saturated rings. The molecule has 0 spiro atoms. The van der Waals surface area contributed by atoms with E-state index < -0.39 is 47.2 Å². The fraction of sp³-hybridized carbons (Fsp3) is 0.286. The van der Waals surface area contributed by atoms with Crippen molar-refractivity contribution in [1.82, 2.24) is 15.1 Å². The molecule has 15 heteroatoms. The number of urea groups is 2. The number of rotatable bonds is 8. The fourth-order valence-electron chi connectivity index (χ4n) is 4.92. The molecule has 5 rings (SSSR count). The minimum atomic E-state index is -1.58. The Kier molecular flexibility index (Phi) is 10.2. The van der Waals surface area contributed by atoms with Gasteiger partial charge in [-0.05, 0) is 23.8 Å². The zero-order valence-corrected chi connectivity index (χ0v) is 26.2. The maximum atomic E-state index is 13.0. The molecule has 13 nitrogen and oxygen atoms in total. The van der Waals surface area contributed by atoms with E-state index in [1.165, 1.54) is 23.6 Å². The summed E-state index contributed by atoms with van der Waals surface area (Å²) in [5.74, 6) is -3.15. The van der Waals surface area contributed by atoms with Crippen molar-refractivity contribution in [3.8, 4) is 0 Å². The van der Waals surface area contributed by atoms with E-state index in [0.29, 0.717) is 23.5 Å². The van der Waals surface area contributed by atoms with Gasteiger partial charge in [0.2, 0.25) is 5.91 Å². The molecular formula is C28H26N5NaO8S. The van der Waals surface area contributed by atoms with E-state index in [1.807, 2.05) is 6.07 Å². The van der Waals surface area contributed by atoms with Gasteiger partial charge < -0.3 is 25.3 Å². The van der Waals surface area contributed by atoms with Crippen LogP contribution in [0.1, 0.15) is 12.5 Å². The molecule has 3 aliphatic heterocycles. The van der Waals surface area contributed by atoms with Crippen molar-refractivity contribution in [3.63, 3.8) is 0 Å². The number of fused-ring (bicyclic) bond motifs is 1. The number of hydrogen-bond donors (Lipinski definition) is 2. The van der Waals surface area contributed by atoms with Crippen LogP contribution in [0.15, 0.2) is 65.9 Å². The van der Waals surface area contributed by atoms with Crippen LogP contribution in [0.3, 0.4) is 0 Å². The SMILES string of the molecule is CC(=O)OCC1=C(C(=O)[O-])N2C(=O)C(NC(=O)Cc3ccccc3NC(=O)N3CCN(c4ccccc4)C3=O)[C@H]2SC1.[Na+]. The number of imide groups is 1. The van der Waals surface area contributed by atoms with Gasteiger partial charge in [0.25, 0.3) is 5.91 Å². The first-order chi connectivity index (χ1) is 20.2. The number of nitrogens with zero attached hydrogens (tertiary/aromatic N) is 3. The Morgan fingerprint density at radius 3 is 2.42 bits per heavy atom. The van der Waals surface area contributed by atoms with Gasteiger partial charge in [0, 0.05) is 36.2 Å². The maximum Gasteiger partial charge on any atom is 1.00 e. The molecule has 218 valence electrons. The van der Waals surface area contributed by atoms with Crippen LogP contribution in [0.25, 0.3) is 0 Å². The number of aliphatic carboxylic acids is 1. The maximum absolute atomic E-state index is 13.0. The van der Waals surface area contributed by atoms with Crippen LogP contribution in [-0.2, 0) is 30.3 Å². The number of carbonyl (C=O) groups is 6. The van der Waals surface area contributed by atoms with Crippen LogP contribution in [-0.4, -0.2) is 82.5 Å². The van der Waals surface area contributed by atoms with Crippen molar-refractivity contribution >= 4 is 59.0 Å².